The predicted octanol–water partition coefficient (Wildman–Crippen LogP) is 5.70. The van der Waals surface area contributed by atoms with Gasteiger partial charge in [-0.25, -0.2) is 0 Å². The van der Waals surface area contributed by atoms with Gasteiger partial charge in [0, 0.05) is 16.6 Å². The molecule has 2 aromatic carbocycles. The summed E-state index contributed by atoms with van der Waals surface area (Å²) in [5.74, 6) is 0.787. The summed E-state index contributed by atoms with van der Waals surface area (Å²) in [6.45, 7) is 0. The molecule has 0 fully saturated rings. The number of alkyl halides is 3. The monoisotopic (exact) mass is 323 g/mol. The first kappa shape index (κ1) is 14.7. The van der Waals surface area contributed by atoms with Crippen LogP contribution in [0.4, 0.5) is 13.2 Å². The van der Waals surface area contributed by atoms with Crippen molar-refractivity contribution in [2.45, 2.75) is 6.18 Å². The van der Waals surface area contributed by atoms with Gasteiger partial charge in [-0.1, -0.05) is 11.6 Å². The molecule has 112 valence electrons. The van der Waals surface area contributed by atoms with Crippen molar-refractivity contribution in [2.24, 2.45) is 0 Å². The molecule has 1 heterocycles. The second kappa shape index (κ2) is 5.50. The lowest BCUT2D eigenvalue weighted by Crippen LogP contribution is -2.06. The first-order valence-corrected chi connectivity index (χ1v) is 6.71. The highest BCUT2D eigenvalue weighted by atomic mass is 35.5. The lowest BCUT2D eigenvalue weighted by Gasteiger charge is -2.11. The Balaban J connectivity index is 2.03. The molecule has 0 amide bonds. The number of ether oxygens (including phenoxy) is 1. The molecule has 0 N–H and O–H groups in total. The Morgan fingerprint density at radius 1 is 0.909 bits per heavy atom. The molecule has 0 aliphatic rings. The molecule has 0 aliphatic heterocycles. The molecule has 0 atom stereocenters. The molecule has 3 rings (SSSR count). The van der Waals surface area contributed by atoms with Crippen LogP contribution in [0.5, 0.6) is 11.5 Å². The molecule has 2 nitrogen and oxygen atoms in total. The standard InChI is InChI=1S/C16H9ClF3NO/c17-10-1-3-11(4-2-10)22-12-5-6-15-13(9-12)14(7-8-21-15)16(18,19)20/h1-9H. The van der Waals surface area contributed by atoms with Gasteiger partial charge in [0.25, 0.3) is 0 Å². The predicted molar refractivity (Wildman–Crippen MR) is 78.3 cm³/mol. The SMILES string of the molecule is FC(F)(F)c1ccnc2ccc(Oc3ccc(Cl)cc3)cc12. The fraction of sp³-hybridized carbons (Fsp3) is 0.0625. The molecule has 22 heavy (non-hydrogen) atoms. The fourth-order valence-corrected chi connectivity index (χ4v) is 2.20. The van der Waals surface area contributed by atoms with E-state index >= 15 is 0 Å². The number of rotatable bonds is 2. The second-order valence-electron chi connectivity index (χ2n) is 4.59. The van der Waals surface area contributed by atoms with E-state index in [0.29, 0.717) is 16.5 Å². The fourth-order valence-electron chi connectivity index (χ4n) is 2.07. The van der Waals surface area contributed by atoms with Crippen LogP contribution in [0.1, 0.15) is 5.56 Å². The number of aromatic nitrogens is 1. The van der Waals surface area contributed by atoms with Gasteiger partial charge in [0.15, 0.2) is 0 Å². The van der Waals surface area contributed by atoms with Crippen molar-refractivity contribution >= 4 is 22.5 Å². The van der Waals surface area contributed by atoms with E-state index in [0.717, 1.165) is 12.3 Å². The van der Waals surface area contributed by atoms with Crippen molar-refractivity contribution in [2.75, 3.05) is 0 Å². The van der Waals surface area contributed by atoms with E-state index in [1.54, 1.807) is 30.3 Å². The summed E-state index contributed by atoms with van der Waals surface area (Å²) < 4.78 is 44.7. The van der Waals surface area contributed by atoms with Gasteiger partial charge in [-0.3, -0.25) is 4.98 Å². The smallest absolute Gasteiger partial charge is 0.417 e. The minimum absolute atomic E-state index is 0.00136. The maximum Gasteiger partial charge on any atom is 0.417 e. The summed E-state index contributed by atoms with van der Waals surface area (Å²) in [4.78, 5) is 3.94. The van der Waals surface area contributed by atoms with Crippen LogP contribution >= 0.6 is 11.6 Å². The van der Waals surface area contributed by atoms with Crippen LogP contribution in [-0.4, -0.2) is 4.98 Å². The number of halogens is 4. The first-order chi connectivity index (χ1) is 10.4. The summed E-state index contributed by atoms with van der Waals surface area (Å²) in [5, 5.41) is 0.552. The van der Waals surface area contributed by atoms with Gasteiger partial charge < -0.3 is 4.74 Å². The number of pyridine rings is 1. The number of benzene rings is 2. The van der Waals surface area contributed by atoms with E-state index in [2.05, 4.69) is 4.98 Å². The molecular weight excluding hydrogens is 315 g/mol. The van der Waals surface area contributed by atoms with Gasteiger partial charge in [0.2, 0.25) is 0 Å². The van der Waals surface area contributed by atoms with Crippen LogP contribution in [0.3, 0.4) is 0 Å². The minimum atomic E-state index is -4.44. The second-order valence-corrected chi connectivity index (χ2v) is 5.03. The zero-order chi connectivity index (χ0) is 15.7. The topological polar surface area (TPSA) is 22.1 Å². The molecule has 6 heteroatoms. The summed E-state index contributed by atoms with van der Waals surface area (Å²) in [5.41, 5.74) is -0.475. The maximum atomic E-state index is 13.0. The molecule has 0 aliphatic carbocycles. The summed E-state index contributed by atoms with van der Waals surface area (Å²) in [6.07, 6.45) is -3.30. The van der Waals surface area contributed by atoms with E-state index in [-0.39, 0.29) is 10.9 Å². The van der Waals surface area contributed by atoms with Crippen molar-refractivity contribution < 1.29 is 17.9 Å². The van der Waals surface area contributed by atoms with Crippen LogP contribution in [-0.2, 0) is 6.18 Å². The highest BCUT2D eigenvalue weighted by Crippen LogP contribution is 2.36. The van der Waals surface area contributed by atoms with E-state index in [9.17, 15) is 13.2 Å². The number of fused-ring (bicyclic) bond motifs is 1. The Kier molecular flexibility index (Phi) is 3.66. The maximum absolute atomic E-state index is 13.0. The van der Waals surface area contributed by atoms with Crippen molar-refractivity contribution in [3.05, 3.63) is 65.3 Å². The van der Waals surface area contributed by atoms with Crippen molar-refractivity contribution in [1.29, 1.82) is 0 Å². The van der Waals surface area contributed by atoms with E-state index < -0.39 is 11.7 Å². The zero-order valence-corrected chi connectivity index (χ0v) is 11.8. The van der Waals surface area contributed by atoms with Gasteiger partial charge >= 0.3 is 6.18 Å². The molecule has 0 spiro atoms. The lowest BCUT2D eigenvalue weighted by atomic mass is 10.1. The summed E-state index contributed by atoms with van der Waals surface area (Å²) in [6, 6.07) is 11.9. The van der Waals surface area contributed by atoms with Crippen LogP contribution in [0.25, 0.3) is 10.9 Å². The third-order valence-electron chi connectivity index (χ3n) is 3.07. The molecule has 0 unspecified atom stereocenters. The van der Waals surface area contributed by atoms with Gasteiger partial charge in [-0.15, -0.1) is 0 Å². The number of nitrogens with zero attached hydrogens (tertiary/aromatic N) is 1. The van der Waals surface area contributed by atoms with Gasteiger partial charge in [0.05, 0.1) is 11.1 Å². The molecule has 0 saturated heterocycles. The average molecular weight is 324 g/mol. The third kappa shape index (κ3) is 2.99. The average Bonchev–Trinajstić information content (AvgIpc) is 2.48. The largest absolute Gasteiger partial charge is 0.457 e. The minimum Gasteiger partial charge on any atom is -0.457 e. The normalized spacial score (nSPS) is 11.6. The Bertz CT molecular complexity index is 816. The highest BCUT2D eigenvalue weighted by molar-refractivity contribution is 6.30. The molecular formula is C16H9ClF3NO. The Morgan fingerprint density at radius 3 is 2.27 bits per heavy atom. The molecule has 0 radical (unpaired) electrons. The van der Waals surface area contributed by atoms with Gasteiger partial charge in [-0.05, 0) is 48.5 Å². The van der Waals surface area contributed by atoms with E-state index in [4.69, 9.17) is 16.3 Å². The van der Waals surface area contributed by atoms with Crippen molar-refractivity contribution in [1.82, 2.24) is 4.98 Å². The van der Waals surface area contributed by atoms with Crippen LogP contribution in [0.2, 0.25) is 5.02 Å². The summed E-state index contributed by atoms with van der Waals surface area (Å²) in [7, 11) is 0. The Morgan fingerprint density at radius 2 is 1.59 bits per heavy atom. The lowest BCUT2D eigenvalue weighted by molar-refractivity contribution is -0.136. The number of hydrogen-bond donors (Lipinski definition) is 0. The van der Waals surface area contributed by atoms with E-state index in [1.165, 1.54) is 12.1 Å². The van der Waals surface area contributed by atoms with Crippen molar-refractivity contribution in [3.63, 3.8) is 0 Å². The third-order valence-corrected chi connectivity index (χ3v) is 3.32. The molecule has 3 aromatic rings. The van der Waals surface area contributed by atoms with Crippen LogP contribution in [0, 0.1) is 0 Å². The Hall–Kier alpha value is -2.27. The zero-order valence-electron chi connectivity index (χ0n) is 11.1. The first-order valence-electron chi connectivity index (χ1n) is 6.33. The quantitative estimate of drug-likeness (QED) is 0.603. The van der Waals surface area contributed by atoms with Gasteiger partial charge in [0.1, 0.15) is 11.5 Å². The Labute approximate surface area is 129 Å². The van der Waals surface area contributed by atoms with Gasteiger partial charge in [-0.2, -0.15) is 13.2 Å². The molecule has 0 bridgehead atoms. The van der Waals surface area contributed by atoms with Crippen molar-refractivity contribution in [3.8, 4) is 11.5 Å². The molecule has 0 saturated carbocycles. The highest BCUT2D eigenvalue weighted by Gasteiger charge is 2.32. The number of hydrogen-bond acceptors (Lipinski definition) is 2. The molecule has 1 aromatic heterocycles. The van der Waals surface area contributed by atoms with E-state index in [1.807, 2.05) is 0 Å². The summed E-state index contributed by atoms with van der Waals surface area (Å²) >= 11 is 5.77. The van der Waals surface area contributed by atoms with Crippen LogP contribution in [0.15, 0.2) is 54.7 Å². The van der Waals surface area contributed by atoms with Crippen LogP contribution < -0.4 is 4.74 Å².